The second-order valence-corrected chi connectivity index (χ2v) is 4.85. The summed E-state index contributed by atoms with van der Waals surface area (Å²) in [5, 5.41) is 23.2. The van der Waals surface area contributed by atoms with E-state index in [0.717, 1.165) is 4.90 Å². The molecule has 10 heteroatoms. The van der Waals surface area contributed by atoms with E-state index >= 15 is 0 Å². The number of alkyl halides is 3. The molecule has 2 N–H and O–H groups in total. The molecule has 1 heterocycles. The maximum Gasteiger partial charge on any atom is 0.408 e. The number of hydrogen-bond donors (Lipinski definition) is 2. The molecular formula is C12H13F4N3O3. The first-order chi connectivity index (χ1) is 10.2. The number of benzene rings is 1. The lowest BCUT2D eigenvalue weighted by Gasteiger charge is -2.36. The Morgan fingerprint density at radius 2 is 1.91 bits per heavy atom. The Labute approximate surface area is 122 Å². The molecule has 22 heavy (non-hydrogen) atoms. The van der Waals surface area contributed by atoms with E-state index in [4.69, 9.17) is 0 Å². The predicted octanol–water partition coefficient (Wildman–Crippen LogP) is 1.95. The summed E-state index contributed by atoms with van der Waals surface area (Å²) in [5.41, 5.74) is -1.68. The molecule has 1 aliphatic rings. The number of nitro benzene ring substituents is 1. The Bertz CT molecular complexity index is 573. The first kappa shape index (κ1) is 16.4. The summed E-state index contributed by atoms with van der Waals surface area (Å²) in [6, 6.07) is -1.34. The summed E-state index contributed by atoms with van der Waals surface area (Å²) in [6.07, 6.45) is -4.81. The fraction of sp³-hybridized carbons (Fsp3) is 0.500. The van der Waals surface area contributed by atoms with E-state index in [9.17, 15) is 32.8 Å². The molecule has 1 fully saturated rings. The van der Waals surface area contributed by atoms with Crippen LogP contribution in [0, 0.1) is 15.9 Å². The van der Waals surface area contributed by atoms with Crippen molar-refractivity contribution in [2.45, 2.75) is 12.2 Å². The van der Waals surface area contributed by atoms with Gasteiger partial charge in [-0.15, -0.1) is 0 Å². The molecule has 1 aliphatic heterocycles. The average Bonchev–Trinajstić information content (AvgIpc) is 2.43. The molecule has 1 aromatic rings. The molecule has 122 valence electrons. The van der Waals surface area contributed by atoms with Gasteiger partial charge in [0.05, 0.1) is 11.0 Å². The van der Waals surface area contributed by atoms with E-state index in [-0.39, 0.29) is 13.1 Å². The minimum absolute atomic E-state index is 0.0218. The number of piperazine rings is 1. The zero-order chi connectivity index (χ0) is 16.5. The number of phenols is 1. The quantitative estimate of drug-likeness (QED) is 0.505. The van der Waals surface area contributed by atoms with Crippen molar-refractivity contribution in [3.63, 3.8) is 0 Å². The smallest absolute Gasteiger partial charge is 0.408 e. The van der Waals surface area contributed by atoms with Crippen molar-refractivity contribution in [2.75, 3.05) is 26.2 Å². The number of nitrogens with one attached hydrogen (secondary N) is 1. The third-order valence-electron chi connectivity index (χ3n) is 3.41. The molecule has 1 saturated heterocycles. The molecule has 1 aromatic carbocycles. The van der Waals surface area contributed by atoms with Crippen LogP contribution in [0.4, 0.5) is 23.2 Å². The number of nitrogens with zero attached hydrogens (tertiary/aromatic N) is 2. The van der Waals surface area contributed by atoms with Crippen LogP contribution in [0.25, 0.3) is 0 Å². The van der Waals surface area contributed by atoms with Gasteiger partial charge in [0, 0.05) is 37.8 Å². The zero-order valence-electron chi connectivity index (χ0n) is 11.2. The number of aromatic hydroxyl groups is 1. The van der Waals surface area contributed by atoms with Crippen LogP contribution in [0.3, 0.4) is 0 Å². The number of non-ortho nitro benzene ring substituents is 1. The second kappa shape index (κ2) is 6.05. The number of phenolic OH excluding ortho intramolecular Hbond substituents is 1. The van der Waals surface area contributed by atoms with Crippen LogP contribution >= 0.6 is 0 Å². The summed E-state index contributed by atoms with van der Waals surface area (Å²) in [7, 11) is 0. The highest BCUT2D eigenvalue weighted by Crippen LogP contribution is 2.43. The molecule has 1 atom stereocenters. The second-order valence-electron chi connectivity index (χ2n) is 4.85. The van der Waals surface area contributed by atoms with E-state index < -0.39 is 40.0 Å². The third-order valence-corrected chi connectivity index (χ3v) is 3.41. The van der Waals surface area contributed by atoms with Gasteiger partial charge >= 0.3 is 6.18 Å². The lowest BCUT2D eigenvalue weighted by Crippen LogP contribution is -2.49. The van der Waals surface area contributed by atoms with Gasteiger partial charge in [-0.2, -0.15) is 13.2 Å². The van der Waals surface area contributed by atoms with Crippen LogP contribution < -0.4 is 5.32 Å². The van der Waals surface area contributed by atoms with Crippen LogP contribution in [0.1, 0.15) is 11.6 Å². The van der Waals surface area contributed by atoms with Crippen LogP contribution in [-0.4, -0.2) is 47.3 Å². The van der Waals surface area contributed by atoms with Crippen molar-refractivity contribution < 1.29 is 27.6 Å². The summed E-state index contributed by atoms with van der Waals surface area (Å²) in [4.78, 5) is 10.7. The van der Waals surface area contributed by atoms with Gasteiger partial charge in [-0.25, -0.2) is 4.39 Å². The molecule has 0 amide bonds. The summed E-state index contributed by atoms with van der Waals surface area (Å²) < 4.78 is 53.7. The SMILES string of the molecule is O=[N+]([O-])c1cc(F)c(O)c([C@H](N2CCNCC2)C(F)(F)F)c1. The highest BCUT2D eigenvalue weighted by molar-refractivity contribution is 5.46. The van der Waals surface area contributed by atoms with Crippen molar-refractivity contribution >= 4 is 5.69 Å². The topological polar surface area (TPSA) is 78.6 Å². The summed E-state index contributed by atoms with van der Waals surface area (Å²) >= 11 is 0. The van der Waals surface area contributed by atoms with E-state index in [1.807, 2.05) is 0 Å². The standard InChI is InChI=1S/C12H13F4N3O3/c13-9-6-7(19(21)22)5-8(10(9)20)11(12(14,15)16)18-3-1-17-2-4-18/h5-6,11,17,20H,1-4H2/t11-/m0/s1. The molecule has 0 unspecified atom stereocenters. The lowest BCUT2D eigenvalue weighted by molar-refractivity contribution is -0.385. The Morgan fingerprint density at radius 3 is 2.41 bits per heavy atom. The van der Waals surface area contributed by atoms with Gasteiger partial charge in [0.1, 0.15) is 6.04 Å². The van der Waals surface area contributed by atoms with Crippen LogP contribution in [0.2, 0.25) is 0 Å². The molecule has 0 spiro atoms. The monoisotopic (exact) mass is 323 g/mol. The molecule has 6 nitrogen and oxygen atoms in total. The first-order valence-corrected chi connectivity index (χ1v) is 6.40. The van der Waals surface area contributed by atoms with Gasteiger partial charge in [-0.05, 0) is 0 Å². The Hall–Kier alpha value is -1.94. The van der Waals surface area contributed by atoms with Crippen molar-refractivity contribution in [2.24, 2.45) is 0 Å². The van der Waals surface area contributed by atoms with Gasteiger partial charge in [0.2, 0.25) is 0 Å². The molecule has 0 aliphatic carbocycles. The van der Waals surface area contributed by atoms with E-state index in [0.29, 0.717) is 25.2 Å². The average molecular weight is 323 g/mol. The minimum atomic E-state index is -4.81. The number of hydrogen-bond acceptors (Lipinski definition) is 5. The van der Waals surface area contributed by atoms with Crippen LogP contribution in [-0.2, 0) is 0 Å². The fourth-order valence-corrected chi connectivity index (χ4v) is 2.44. The molecular weight excluding hydrogens is 310 g/mol. The van der Waals surface area contributed by atoms with Crippen molar-refractivity contribution in [3.8, 4) is 5.75 Å². The molecule has 2 rings (SSSR count). The Morgan fingerprint density at radius 1 is 1.32 bits per heavy atom. The maximum atomic E-state index is 13.6. The minimum Gasteiger partial charge on any atom is -0.505 e. The highest BCUT2D eigenvalue weighted by Gasteiger charge is 2.47. The van der Waals surface area contributed by atoms with E-state index in [2.05, 4.69) is 5.32 Å². The first-order valence-electron chi connectivity index (χ1n) is 6.40. The number of halogens is 4. The molecule has 0 aromatic heterocycles. The summed E-state index contributed by atoms with van der Waals surface area (Å²) in [5.74, 6) is -2.67. The van der Waals surface area contributed by atoms with Crippen molar-refractivity contribution in [3.05, 3.63) is 33.6 Å². The highest BCUT2D eigenvalue weighted by atomic mass is 19.4. The van der Waals surface area contributed by atoms with E-state index in [1.165, 1.54) is 0 Å². The normalized spacial score (nSPS) is 18.2. The van der Waals surface area contributed by atoms with Gasteiger partial charge in [-0.3, -0.25) is 15.0 Å². The zero-order valence-corrected chi connectivity index (χ0v) is 11.2. The largest absolute Gasteiger partial charge is 0.505 e. The lowest BCUT2D eigenvalue weighted by atomic mass is 10.0. The van der Waals surface area contributed by atoms with Gasteiger partial charge in [0.15, 0.2) is 11.6 Å². The van der Waals surface area contributed by atoms with Crippen LogP contribution in [0.15, 0.2) is 12.1 Å². The number of nitro groups is 1. The molecule has 0 radical (unpaired) electrons. The van der Waals surface area contributed by atoms with Gasteiger partial charge in [-0.1, -0.05) is 0 Å². The molecule has 0 bridgehead atoms. The Balaban J connectivity index is 2.53. The van der Waals surface area contributed by atoms with E-state index in [1.54, 1.807) is 0 Å². The third kappa shape index (κ3) is 3.28. The van der Waals surface area contributed by atoms with Crippen molar-refractivity contribution in [1.29, 1.82) is 0 Å². The molecule has 0 saturated carbocycles. The summed E-state index contributed by atoms with van der Waals surface area (Å²) in [6.45, 7) is 0.636. The maximum absolute atomic E-state index is 13.6. The number of rotatable bonds is 3. The fourth-order valence-electron chi connectivity index (χ4n) is 2.44. The van der Waals surface area contributed by atoms with Crippen LogP contribution in [0.5, 0.6) is 5.75 Å². The predicted molar refractivity (Wildman–Crippen MR) is 68.0 cm³/mol. The van der Waals surface area contributed by atoms with Gasteiger partial charge in [0.25, 0.3) is 5.69 Å². The van der Waals surface area contributed by atoms with Crippen molar-refractivity contribution in [1.82, 2.24) is 10.2 Å². The van der Waals surface area contributed by atoms with Gasteiger partial charge < -0.3 is 10.4 Å². The Kier molecular flexibility index (Phi) is 4.52.